The van der Waals surface area contributed by atoms with Crippen LogP contribution in [0.3, 0.4) is 0 Å². The summed E-state index contributed by atoms with van der Waals surface area (Å²) < 4.78 is 0.360. The summed E-state index contributed by atoms with van der Waals surface area (Å²) in [5.74, 6) is -1.84. The van der Waals surface area contributed by atoms with Gasteiger partial charge in [0, 0.05) is 25.1 Å². The molecule has 1 aromatic rings. The first-order valence-corrected chi connectivity index (χ1v) is 8.98. The Labute approximate surface area is 163 Å². The molecule has 1 aromatic carbocycles. The van der Waals surface area contributed by atoms with Crippen molar-refractivity contribution in [3.8, 4) is 0 Å². The fourth-order valence-corrected chi connectivity index (χ4v) is 3.51. The van der Waals surface area contributed by atoms with Gasteiger partial charge in [-0.2, -0.15) is 0 Å². The highest BCUT2D eigenvalue weighted by molar-refractivity contribution is 8.26. The van der Waals surface area contributed by atoms with Gasteiger partial charge in [-0.1, -0.05) is 24.0 Å². The topological polar surface area (TPSA) is 130 Å². The van der Waals surface area contributed by atoms with Crippen LogP contribution in [-0.2, 0) is 14.4 Å². The van der Waals surface area contributed by atoms with Gasteiger partial charge in [-0.25, -0.2) is 0 Å². The second kappa shape index (κ2) is 9.24. The summed E-state index contributed by atoms with van der Waals surface area (Å²) in [5.41, 5.74) is 0.593. The number of carboxylic acids is 1. The van der Waals surface area contributed by atoms with Crippen molar-refractivity contribution in [2.75, 3.05) is 13.1 Å². The molecule has 0 bridgehead atoms. The Kier molecular flexibility index (Phi) is 7.02. The maximum atomic E-state index is 12.4. The van der Waals surface area contributed by atoms with Gasteiger partial charge in [0.05, 0.1) is 9.83 Å². The minimum atomic E-state index is -1.13. The molecular weight excluding hydrogens is 394 g/mol. The number of rotatable bonds is 8. The number of carbonyl (C=O) groups excluding carboxylic acids is 2. The van der Waals surface area contributed by atoms with E-state index in [9.17, 15) is 24.5 Å². The van der Waals surface area contributed by atoms with Gasteiger partial charge < -0.3 is 10.4 Å². The van der Waals surface area contributed by atoms with Crippen molar-refractivity contribution in [1.29, 1.82) is 0 Å². The van der Waals surface area contributed by atoms with Crippen LogP contribution in [0.5, 0.6) is 0 Å². The molecule has 1 aliphatic heterocycles. The number of thioether (sulfide) groups is 1. The summed E-state index contributed by atoms with van der Waals surface area (Å²) in [6, 6.07) is 5.78. The molecule has 0 spiro atoms. The molecule has 1 saturated heterocycles. The number of benzene rings is 1. The van der Waals surface area contributed by atoms with E-state index in [0.717, 1.165) is 11.8 Å². The lowest BCUT2D eigenvalue weighted by atomic mass is 10.2. The van der Waals surface area contributed by atoms with Crippen LogP contribution >= 0.6 is 24.0 Å². The summed E-state index contributed by atoms with van der Waals surface area (Å²) >= 11 is 6.31. The van der Waals surface area contributed by atoms with Gasteiger partial charge in [-0.15, -0.1) is 0 Å². The van der Waals surface area contributed by atoms with E-state index in [-0.39, 0.29) is 24.6 Å². The highest BCUT2D eigenvalue weighted by atomic mass is 32.2. The summed E-state index contributed by atoms with van der Waals surface area (Å²) in [6.07, 6.45) is 2.01. The average molecular weight is 409 g/mol. The zero-order chi connectivity index (χ0) is 20.0. The first kappa shape index (κ1) is 20.5. The molecule has 142 valence electrons. The van der Waals surface area contributed by atoms with Crippen LogP contribution in [0, 0.1) is 10.1 Å². The number of nitro groups is 1. The van der Waals surface area contributed by atoms with Crippen LogP contribution in [0.15, 0.2) is 29.2 Å². The van der Waals surface area contributed by atoms with Gasteiger partial charge >= 0.3 is 5.97 Å². The largest absolute Gasteiger partial charge is 0.480 e. The van der Waals surface area contributed by atoms with Gasteiger partial charge in [-0.05, 0) is 30.2 Å². The summed E-state index contributed by atoms with van der Waals surface area (Å²) in [6.45, 7) is -0.208. The van der Waals surface area contributed by atoms with Crippen LogP contribution in [0.2, 0.25) is 0 Å². The Balaban J connectivity index is 1.93. The normalized spacial score (nSPS) is 15.3. The van der Waals surface area contributed by atoms with Crippen LogP contribution in [0.25, 0.3) is 6.08 Å². The van der Waals surface area contributed by atoms with Crippen molar-refractivity contribution in [3.63, 3.8) is 0 Å². The third-order valence-corrected chi connectivity index (χ3v) is 4.88. The first-order chi connectivity index (χ1) is 12.8. The number of nitro benzene ring substituents is 1. The first-order valence-electron chi connectivity index (χ1n) is 7.76. The number of non-ortho nitro benzene ring substituents is 1. The van der Waals surface area contributed by atoms with Crippen molar-refractivity contribution in [2.45, 2.75) is 12.8 Å². The molecule has 11 heteroatoms. The smallest absolute Gasteiger partial charge is 0.322 e. The zero-order valence-electron chi connectivity index (χ0n) is 13.9. The van der Waals surface area contributed by atoms with Gasteiger partial charge in [0.1, 0.15) is 10.9 Å². The standard InChI is InChI=1S/C16H15N3O6S2/c20-13(17-9-14(21)22)2-1-7-18-15(23)12(27-16(18)26)8-10-3-5-11(6-4-10)19(24)25/h3-6,8H,1-2,7,9H2,(H,17,20)(H,21,22)/b12-8-. The molecule has 0 radical (unpaired) electrons. The fourth-order valence-electron chi connectivity index (χ4n) is 2.20. The Morgan fingerprint density at radius 2 is 2.00 bits per heavy atom. The number of nitrogens with one attached hydrogen (secondary N) is 1. The molecule has 2 rings (SSSR count). The lowest BCUT2D eigenvalue weighted by Gasteiger charge is -2.13. The second-order valence-corrected chi connectivity index (χ2v) is 7.13. The molecule has 0 saturated carbocycles. The highest BCUT2D eigenvalue weighted by Crippen LogP contribution is 2.32. The summed E-state index contributed by atoms with van der Waals surface area (Å²) in [7, 11) is 0. The number of aliphatic carboxylic acids is 1. The number of hydrogen-bond acceptors (Lipinski definition) is 7. The maximum absolute atomic E-state index is 12.4. The molecule has 1 fully saturated rings. The number of carbonyl (C=O) groups is 3. The predicted octanol–water partition coefficient (Wildman–Crippen LogP) is 1.78. The zero-order valence-corrected chi connectivity index (χ0v) is 15.5. The lowest BCUT2D eigenvalue weighted by Crippen LogP contribution is -2.32. The highest BCUT2D eigenvalue weighted by Gasteiger charge is 2.31. The number of hydrogen-bond donors (Lipinski definition) is 2. The van der Waals surface area contributed by atoms with E-state index < -0.39 is 23.3 Å². The molecule has 27 heavy (non-hydrogen) atoms. The van der Waals surface area contributed by atoms with E-state index in [2.05, 4.69) is 5.32 Å². The number of nitrogens with zero attached hydrogens (tertiary/aromatic N) is 2. The molecule has 9 nitrogen and oxygen atoms in total. The number of carboxylic acid groups (broad SMARTS) is 1. The van der Waals surface area contributed by atoms with E-state index >= 15 is 0 Å². The Morgan fingerprint density at radius 1 is 1.33 bits per heavy atom. The molecule has 1 heterocycles. The Bertz CT molecular complexity index is 822. The minimum Gasteiger partial charge on any atom is -0.480 e. The molecule has 0 atom stereocenters. The van der Waals surface area contributed by atoms with E-state index in [0.29, 0.717) is 21.2 Å². The van der Waals surface area contributed by atoms with Crippen molar-refractivity contribution >= 4 is 57.8 Å². The van der Waals surface area contributed by atoms with Crippen molar-refractivity contribution in [1.82, 2.24) is 10.2 Å². The van der Waals surface area contributed by atoms with E-state index in [4.69, 9.17) is 17.3 Å². The Morgan fingerprint density at radius 3 is 2.59 bits per heavy atom. The average Bonchev–Trinajstić information content (AvgIpc) is 2.87. The fraction of sp³-hybridized carbons (Fsp3) is 0.250. The molecule has 2 amide bonds. The van der Waals surface area contributed by atoms with E-state index in [1.54, 1.807) is 6.08 Å². The van der Waals surface area contributed by atoms with Gasteiger partial charge in [0.2, 0.25) is 5.91 Å². The quantitative estimate of drug-likeness (QED) is 0.288. The summed E-state index contributed by atoms with van der Waals surface area (Å²) in [5, 5.41) is 21.4. The van der Waals surface area contributed by atoms with Crippen LogP contribution in [-0.4, -0.2) is 50.1 Å². The van der Waals surface area contributed by atoms with Crippen molar-refractivity contribution in [2.24, 2.45) is 0 Å². The second-order valence-electron chi connectivity index (χ2n) is 5.46. The third-order valence-electron chi connectivity index (χ3n) is 3.50. The number of amides is 2. The maximum Gasteiger partial charge on any atom is 0.322 e. The molecule has 0 aromatic heterocycles. The molecule has 0 aliphatic carbocycles. The lowest BCUT2D eigenvalue weighted by molar-refractivity contribution is -0.384. The van der Waals surface area contributed by atoms with Crippen molar-refractivity contribution in [3.05, 3.63) is 44.8 Å². The summed E-state index contributed by atoms with van der Waals surface area (Å²) in [4.78, 5) is 46.3. The van der Waals surface area contributed by atoms with Crippen molar-refractivity contribution < 1.29 is 24.4 Å². The van der Waals surface area contributed by atoms with Gasteiger partial charge in [-0.3, -0.25) is 29.4 Å². The van der Waals surface area contributed by atoms with Crippen LogP contribution < -0.4 is 5.32 Å². The number of thiocarbonyl (C=S) groups is 1. The van der Waals surface area contributed by atoms with Gasteiger partial charge in [0.15, 0.2) is 0 Å². The van der Waals surface area contributed by atoms with E-state index in [1.807, 2.05) is 0 Å². The minimum absolute atomic E-state index is 0.0409. The Hall–Kier alpha value is -2.79. The molecule has 1 aliphatic rings. The van der Waals surface area contributed by atoms with E-state index in [1.165, 1.54) is 29.2 Å². The third kappa shape index (κ3) is 5.86. The SMILES string of the molecule is O=C(O)CNC(=O)CCCN1C(=O)/C(=C/c2ccc([N+](=O)[O-])cc2)SC1=S. The molecular formula is C16H15N3O6S2. The van der Waals surface area contributed by atoms with Crippen LogP contribution in [0.1, 0.15) is 18.4 Å². The molecule has 2 N–H and O–H groups in total. The monoisotopic (exact) mass is 409 g/mol. The predicted molar refractivity (Wildman–Crippen MR) is 103 cm³/mol. The van der Waals surface area contributed by atoms with Crippen LogP contribution in [0.4, 0.5) is 5.69 Å². The molecule has 0 unspecified atom stereocenters. The van der Waals surface area contributed by atoms with Gasteiger partial charge in [0.25, 0.3) is 11.6 Å².